The molecule has 4 aromatic rings. The van der Waals surface area contributed by atoms with E-state index in [1.165, 1.54) is 9.47 Å². The number of benzene rings is 2. The maximum atomic E-state index is 13.7. The van der Waals surface area contributed by atoms with Crippen LogP contribution in [0, 0.1) is 13.8 Å². The number of amides is 2. The molecular weight excluding hydrogens is 512 g/mol. The normalized spacial score (nSPS) is 11.1. The molecule has 0 spiro atoms. The van der Waals surface area contributed by atoms with Crippen molar-refractivity contribution < 1.29 is 9.59 Å². The third-order valence-electron chi connectivity index (χ3n) is 6.12. The summed E-state index contributed by atoms with van der Waals surface area (Å²) in [5.41, 5.74) is 2.06. The molecule has 0 aliphatic rings. The monoisotopic (exact) mass is 538 g/mol. The van der Waals surface area contributed by atoms with E-state index < -0.39 is 17.2 Å². The van der Waals surface area contributed by atoms with Gasteiger partial charge in [-0.15, -0.1) is 11.3 Å². The summed E-state index contributed by atoms with van der Waals surface area (Å²) in [6.07, 6.45) is 0.805. The van der Waals surface area contributed by atoms with Crippen LogP contribution in [-0.2, 0) is 17.8 Å². The highest BCUT2D eigenvalue weighted by Crippen LogP contribution is 2.29. The molecule has 0 aliphatic heterocycles. The molecule has 192 valence electrons. The van der Waals surface area contributed by atoms with Crippen molar-refractivity contribution in [3.05, 3.63) is 89.9 Å². The second kappa shape index (κ2) is 10.4. The molecule has 8 nitrogen and oxygen atoms in total. The number of carbonyl (C=O) groups is 2. The molecule has 10 heteroatoms. The first kappa shape index (κ1) is 26.4. The Morgan fingerprint density at radius 3 is 2.32 bits per heavy atom. The van der Waals surface area contributed by atoms with Gasteiger partial charge in [0.1, 0.15) is 11.4 Å². The first-order valence-corrected chi connectivity index (χ1v) is 12.9. The third kappa shape index (κ3) is 4.97. The van der Waals surface area contributed by atoms with Gasteiger partial charge in [-0.05, 0) is 61.2 Å². The molecular formula is C27H27ClN4O4S. The number of nitrogens with zero attached hydrogens (tertiary/aromatic N) is 3. The third-order valence-corrected chi connectivity index (χ3v) is 7.73. The average molecular weight is 539 g/mol. The lowest BCUT2D eigenvalue weighted by Crippen LogP contribution is -2.40. The minimum Gasteiger partial charge on any atom is -0.344 e. The van der Waals surface area contributed by atoms with Gasteiger partial charge in [-0.25, -0.2) is 9.36 Å². The van der Waals surface area contributed by atoms with E-state index in [2.05, 4.69) is 5.32 Å². The Morgan fingerprint density at radius 1 is 1.05 bits per heavy atom. The molecule has 0 radical (unpaired) electrons. The highest BCUT2D eigenvalue weighted by molar-refractivity contribution is 7.20. The fourth-order valence-corrected chi connectivity index (χ4v) is 5.65. The van der Waals surface area contributed by atoms with Gasteiger partial charge in [-0.3, -0.25) is 19.0 Å². The number of anilines is 1. The molecule has 4 rings (SSSR count). The van der Waals surface area contributed by atoms with Gasteiger partial charge >= 0.3 is 5.69 Å². The zero-order chi connectivity index (χ0) is 27.0. The van der Waals surface area contributed by atoms with Crippen LogP contribution in [0.15, 0.2) is 52.1 Å². The van der Waals surface area contributed by atoms with Gasteiger partial charge in [-0.2, -0.15) is 0 Å². The smallest absolute Gasteiger partial charge is 0.337 e. The number of hydrogen-bond acceptors (Lipinski definition) is 5. The van der Waals surface area contributed by atoms with E-state index in [1.54, 1.807) is 45.3 Å². The molecule has 0 fully saturated rings. The second-order valence-corrected chi connectivity index (χ2v) is 10.4. The number of halogens is 1. The van der Waals surface area contributed by atoms with E-state index in [0.29, 0.717) is 26.8 Å². The minimum atomic E-state index is -0.669. The van der Waals surface area contributed by atoms with E-state index in [1.807, 2.05) is 32.0 Å². The maximum Gasteiger partial charge on any atom is 0.337 e. The maximum absolute atomic E-state index is 13.7. The van der Waals surface area contributed by atoms with Gasteiger partial charge in [-0.1, -0.05) is 36.7 Å². The van der Waals surface area contributed by atoms with Crippen LogP contribution in [0.25, 0.3) is 15.9 Å². The van der Waals surface area contributed by atoms with Crippen molar-refractivity contribution >= 4 is 50.7 Å². The standard InChI is InChI=1S/C27H27ClN4O4S/c1-6-17-8-10-18(11-9-17)32-24(34)22-16(3)23(25(35)30(4)5)37-26(22)31(27(32)36)14-21(33)29-20-12-7-15(2)13-19(20)28/h7-13H,6,14H2,1-5H3,(H,29,33). The first-order valence-electron chi connectivity index (χ1n) is 11.7. The quantitative estimate of drug-likeness (QED) is 0.394. The van der Waals surface area contributed by atoms with Gasteiger partial charge in [0.15, 0.2) is 0 Å². The van der Waals surface area contributed by atoms with Crippen LogP contribution in [-0.4, -0.2) is 39.9 Å². The van der Waals surface area contributed by atoms with Gasteiger partial charge in [0.2, 0.25) is 5.91 Å². The zero-order valence-corrected chi connectivity index (χ0v) is 22.8. The lowest BCUT2D eigenvalue weighted by atomic mass is 10.1. The summed E-state index contributed by atoms with van der Waals surface area (Å²) in [6, 6.07) is 12.3. The molecule has 37 heavy (non-hydrogen) atoms. The van der Waals surface area contributed by atoms with Crippen molar-refractivity contribution in [1.29, 1.82) is 0 Å². The van der Waals surface area contributed by atoms with Crippen LogP contribution < -0.4 is 16.6 Å². The van der Waals surface area contributed by atoms with E-state index in [-0.39, 0.29) is 22.7 Å². The molecule has 0 saturated carbocycles. The van der Waals surface area contributed by atoms with Crippen LogP contribution in [0.1, 0.15) is 33.3 Å². The Morgan fingerprint density at radius 2 is 1.73 bits per heavy atom. The van der Waals surface area contributed by atoms with E-state index in [0.717, 1.165) is 33.5 Å². The summed E-state index contributed by atoms with van der Waals surface area (Å²) in [6.45, 7) is 5.21. The van der Waals surface area contributed by atoms with Gasteiger partial charge in [0, 0.05) is 14.1 Å². The Kier molecular flexibility index (Phi) is 7.38. The number of rotatable bonds is 6. The lowest BCUT2D eigenvalue weighted by Gasteiger charge is -2.13. The molecule has 0 unspecified atom stereocenters. The van der Waals surface area contributed by atoms with Crippen LogP contribution in [0.5, 0.6) is 0 Å². The van der Waals surface area contributed by atoms with Crippen LogP contribution in [0.2, 0.25) is 5.02 Å². The van der Waals surface area contributed by atoms with Crippen molar-refractivity contribution in [2.24, 2.45) is 0 Å². The lowest BCUT2D eigenvalue weighted by molar-refractivity contribution is -0.116. The topological polar surface area (TPSA) is 93.4 Å². The van der Waals surface area contributed by atoms with E-state index in [4.69, 9.17) is 11.6 Å². The Bertz CT molecular complexity index is 1650. The Labute approximate surface area is 222 Å². The fraction of sp³-hybridized carbons (Fsp3) is 0.259. The van der Waals surface area contributed by atoms with E-state index >= 15 is 0 Å². The first-order chi connectivity index (χ1) is 17.5. The number of aromatic nitrogens is 2. The minimum absolute atomic E-state index is 0.232. The van der Waals surface area contributed by atoms with E-state index in [9.17, 15) is 19.2 Å². The summed E-state index contributed by atoms with van der Waals surface area (Å²) in [4.78, 5) is 55.3. The van der Waals surface area contributed by atoms with Crippen molar-refractivity contribution in [2.75, 3.05) is 19.4 Å². The number of aryl methyl sites for hydroxylation is 3. The number of thiophene rings is 1. The zero-order valence-electron chi connectivity index (χ0n) is 21.2. The average Bonchev–Trinajstić information content (AvgIpc) is 3.20. The Hall–Kier alpha value is -3.69. The molecule has 2 aromatic carbocycles. The fourth-order valence-electron chi connectivity index (χ4n) is 4.06. The summed E-state index contributed by atoms with van der Waals surface area (Å²) in [7, 11) is 3.23. The van der Waals surface area contributed by atoms with Crippen molar-refractivity contribution in [1.82, 2.24) is 14.0 Å². The Balaban J connectivity index is 1.92. The van der Waals surface area contributed by atoms with Crippen molar-refractivity contribution in [3.63, 3.8) is 0 Å². The predicted octanol–water partition coefficient (Wildman–Crippen LogP) is 4.39. The molecule has 0 bridgehead atoms. The van der Waals surface area contributed by atoms with Crippen LogP contribution in [0.3, 0.4) is 0 Å². The van der Waals surface area contributed by atoms with Crippen LogP contribution >= 0.6 is 22.9 Å². The molecule has 0 atom stereocenters. The summed E-state index contributed by atoms with van der Waals surface area (Å²) < 4.78 is 2.30. The second-order valence-electron chi connectivity index (χ2n) is 9.00. The largest absolute Gasteiger partial charge is 0.344 e. The molecule has 2 heterocycles. The van der Waals surface area contributed by atoms with Gasteiger partial charge in [0.25, 0.3) is 11.5 Å². The molecule has 2 amide bonds. The summed E-state index contributed by atoms with van der Waals surface area (Å²) in [5.74, 6) is -0.779. The van der Waals surface area contributed by atoms with Crippen molar-refractivity contribution in [3.8, 4) is 5.69 Å². The van der Waals surface area contributed by atoms with Crippen LogP contribution in [0.4, 0.5) is 5.69 Å². The number of nitrogens with one attached hydrogen (secondary N) is 1. The number of carbonyl (C=O) groups excluding carboxylic acids is 2. The summed E-state index contributed by atoms with van der Waals surface area (Å²) in [5, 5.41) is 3.35. The molecule has 2 aromatic heterocycles. The predicted molar refractivity (Wildman–Crippen MR) is 149 cm³/mol. The molecule has 0 saturated heterocycles. The molecule has 0 aliphatic carbocycles. The van der Waals surface area contributed by atoms with Crippen molar-refractivity contribution in [2.45, 2.75) is 33.7 Å². The molecule has 1 N–H and O–H groups in total. The van der Waals surface area contributed by atoms with Gasteiger partial charge < -0.3 is 10.2 Å². The summed E-state index contributed by atoms with van der Waals surface area (Å²) >= 11 is 7.30. The highest BCUT2D eigenvalue weighted by Gasteiger charge is 2.25. The number of fused-ring (bicyclic) bond motifs is 1. The number of hydrogen-bond donors (Lipinski definition) is 1. The SMILES string of the molecule is CCc1ccc(-n2c(=O)c3c(C)c(C(=O)N(C)C)sc3n(CC(=O)Nc3ccc(C)cc3Cl)c2=O)cc1. The highest BCUT2D eigenvalue weighted by atomic mass is 35.5. The van der Waals surface area contributed by atoms with Gasteiger partial charge in [0.05, 0.1) is 26.7 Å².